The molecule has 2 N–H and O–H groups in total. The maximum atomic E-state index is 11.6. The molecule has 1 rings (SSSR count). The number of carbonyl (C=O) groups is 2. The summed E-state index contributed by atoms with van der Waals surface area (Å²) in [4.78, 5) is 23.2. The van der Waals surface area contributed by atoms with Gasteiger partial charge in [0.2, 0.25) is 0 Å². The van der Waals surface area contributed by atoms with Gasteiger partial charge in [0.1, 0.15) is 0 Å². The molecule has 0 heterocycles. The number of aliphatic hydroxyl groups excluding tert-OH is 2. The molecule has 30 heavy (non-hydrogen) atoms. The molecule has 1 fully saturated rings. The summed E-state index contributed by atoms with van der Waals surface area (Å²) in [7, 11) is 0. The maximum Gasteiger partial charge on any atom is 0.508 e. The van der Waals surface area contributed by atoms with Crippen molar-refractivity contribution in [1.29, 1.82) is 0 Å². The Kier molecular flexibility index (Phi) is 16.1. The second-order valence-corrected chi connectivity index (χ2v) is 7.98. The first-order valence-electron chi connectivity index (χ1n) is 11.5. The van der Waals surface area contributed by atoms with Crippen LogP contribution in [-0.4, -0.2) is 62.2 Å². The molecule has 0 aromatic rings. The molecule has 176 valence electrons. The van der Waals surface area contributed by atoms with Gasteiger partial charge in [-0.3, -0.25) is 0 Å². The fourth-order valence-electron chi connectivity index (χ4n) is 3.47. The van der Waals surface area contributed by atoms with Gasteiger partial charge in [-0.2, -0.15) is 0 Å². The predicted molar refractivity (Wildman–Crippen MR) is 111 cm³/mol. The normalized spacial score (nSPS) is 18.6. The van der Waals surface area contributed by atoms with Gasteiger partial charge in [0.25, 0.3) is 0 Å². The third-order valence-electron chi connectivity index (χ3n) is 5.38. The molecule has 0 bridgehead atoms. The zero-order valence-electron chi connectivity index (χ0n) is 18.2. The highest BCUT2D eigenvalue weighted by Crippen LogP contribution is 2.29. The van der Waals surface area contributed by atoms with Crippen LogP contribution in [0.3, 0.4) is 0 Å². The van der Waals surface area contributed by atoms with Crippen molar-refractivity contribution in [3.63, 3.8) is 0 Å². The van der Waals surface area contributed by atoms with Crippen LogP contribution in [0.1, 0.15) is 77.0 Å². The third-order valence-corrected chi connectivity index (χ3v) is 5.38. The number of hydrogen-bond acceptors (Lipinski definition) is 8. The highest BCUT2D eigenvalue weighted by Gasteiger charge is 2.23. The van der Waals surface area contributed by atoms with Gasteiger partial charge < -0.3 is 29.2 Å². The van der Waals surface area contributed by atoms with Crippen LogP contribution < -0.4 is 0 Å². The molecule has 8 nitrogen and oxygen atoms in total. The van der Waals surface area contributed by atoms with Crippen molar-refractivity contribution >= 4 is 12.3 Å². The molecule has 1 saturated carbocycles. The lowest BCUT2D eigenvalue weighted by atomic mass is 9.83. The molecule has 0 amide bonds. The average molecular weight is 433 g/mol. The van der Waals surface area contributed by atoms with Crippen molar-refractivity contribution in [2.75, 3.05) is 39.6 Å². The van der Waals surface area contributed by atoms with E-state index in [0.717, 1.165) is 77.0 Å². The van der Waals surface area contributed by atoms with Crippen molar-refractivity contribution < 1.29 is 38.7 Å². The zero-order valence-corrected chi connectivity index (χ0v) is 18.2. The van der Waals surface area contributed by atoms with Gasteiger partial charge in [-0.1, -0.05) is 12.8 Å². The molecule has 1 aliphatic rings. The van der Waals surface area contributed by atoms with E-state index < -0.39 is 12.3 Å². The molecule has 0 unspecified atom stereocenters. The highest BCUT2D eigenvalue weighted by atomic mass is 16.7. The summed E-state index contributed by atoms with van der Waals surface area (Å²) in [5.41, 5.74) is 0. The standard InChI is InChI=1S/C22H40O8/c23-13-5-1-3-7-15-27-21(25)29-17-19-9-11-20(12-10-19)18-30-22(26)28-16-8-4-2-6-14-24/h19-20,23-24H,1-18H2. The van der Waals surface area contributed by atoms with Gasteiger partial charge in [0.05, 0.1) is 26.4 Å². The van der Waals surface area contributed by atoms with E-state index >= 15 is 0 Å². The lowest BCUT2D eigenvalue weighted by Crippen LogP contribution is -2.24. The lowest BCUT2D eigenvalue weighted by molar-refractivity contribution is 0.0231. The van der Waals surface area contributed by atoms with E-state index in [9.17, 15) is 9.59 Å². The Labute approximate surface area is 180 Å². The van der Waals surface area contributed by atoms with E-state index in [2.05, 4.69) is 0 Å². The van der Waals surface area contributed by atoms with Crippen molar-refractivity contribution in [1.82, 2.24) is 0 Å². The van der Waals surface area contributed by atoms with Crippen LogP contribution in [0.5, 0.6) is 0 Å². The first-order chi connectivity index (χ1) is 14.7. The zero-order chi connectivity index (χ0) is 21.9. The summed E-state index contributed by atoms with van der Waals surface area (Å²) in [6.45, 7) is 1.85. The number of unbranched alkanes of at least 4 members (excludes halogenated alkanes) is 6. The first kappa shape index (κ1) is 26.5. The molecule has 0 spiro atoms. The van der Waals surface area contributed by atoms with Crippen LogP contribution in [0, 0.1) is 11.8 Å². The summed E-state index contributed by atoms with van der Waals surface area (Å²) in [5, 5.41) is 17.4. The van der Waals surface area contributed by atoms with Gasteiger partial charge in [-0.25, -0.2) is 9.59 Å². The smallest absolute Gasteiger partial charge is 0.434 e. The minimum absolute atomic E-state index is 0.202. The van der Waals surface area contributed by atoms with Gasteiger partial charge in [-0.05, 0) is 76.0 Å². The Bertz CT molecular complexity index is 395. The van der Waals surface area contributed by atoms with Crippen molar-refractivity contribution in [2.45, 2.75) is 77.0 Å². The summed E-state index contributed by atoms with van der Waals surface area (Å²) >= 11 is 0. The second-order valence-electron chi connectivity index (χ2n) is 7.98. The Hall–Kier alpha value is -1.54. The van der Waals surface area contributed by atoms with Gasteiger partial charge in [0.15, 0.2) is 0 Å². The van der Waals surface area contributed by atoms with Crippen LogP contribution in [-0.2, 0) is 18.9 Å². The third kappa shape index (κ3) is 14.4. The van der Waals surface area contributed by atoms with E-state index in [1.807, 2.05) is 0 Å². The number of hydrogen-bond donors (Lipinski definition) is 2. The Balaban J connectivity index is 1.97. The number of rotatable bonds is 16. The number of aliphatic hydroxyl groups is 2. The van der Waals surface area contributed by atoms with Gasteiger partial charge in [0, 0.05) is 13.2 Å². The van der Waals surface area contributed by atoms with E-state index in [-0.39, 0.29) is 13.2 Å². The average Bonchev–Trinajstić information content (AvgIpc) is 2.76. The maximum absolute atomic E-state index is 11.6. The largest absolute Gasteiger partial charge is 0.508 e. The van der Waals surface area contributed by atoms with E-state index in [1.165, 1.54) is 0 Å². The van der Waals surface area contributed by atoms with Crippen molar-refractivity contribution in [3.05, 3.63) is 0 Å². The molecule has 0 saturated heterocycles. The summed E-state index contributed by atoms with van der Waals surface area (Å²) in [5.74, 6) is 0.647. The molecule has 0 aromatic heterocycles. The monoisotopic (exact) mass is 432 g/mol. The SMILES string of the molecule is O=C(OCCCCCCO)OCC1CCC(COC(=O)OCCCCCCO)CC1. The minimum atomic E-state index is -0.610. The number of ether oxygens (including phenoxy) is 4. The van der Waals surface area contributed by atoms with E-state index in [0.29, 0.717) is 38.3 Å². The molecule has 8 heteroatoms. The topological polar surface area (TPSA) is 112 Å². The summed E-state index contributed by atoms with van der Waals surface area (Å²) < 4.78 is 20.5. The van der Waals surface area contributed by atoms with Crippen LogP contribution in [0.25, 0.3) is 0 Å². The molecule has 0 radical (unpaired) electrons. The van der Waals surface area contributed by atoms with Crippen LogP contribution in [0.2, 0.25) is 0 Å². The molecule has 0 aromatic carbocycles. The number of carbonyl (C=O) groups excluding carboxylic acids is 2. The van der Waals surface area contributed by atoms with Crippen molar-refractivity contribution in [2.24, 2.45) is 11.8 Å². The molecular weight excluding hydrogens is 392 g/mol. The van der Waals surface area contributed by atoms with E-state index in [4.69, 9.17) is 29.2 Å². The van der Waals surface area contributed by atoms with Gasteiger partial charge >= 0.3 is 12.3 Å². The Morgan fingerprint density at radius 1 is 0.567 bits per heavy atom. The fourth-order valence-corrected chi connectivity index (χ4v) is 3.47. The first-order valence-corrected chi connectivity index (χ1v) is 11.5. The van der Waals surface area contributed by atoms with Crippen molar-refractivity contribution in [3.8, 4) is 0 Å². The van der Waals surface area contributed by atoms with Gasteiger partial charge in [-0.15, -0.1) is 0 Å². The lowest BCUT2D eigenvalue weighted by Gasteiger charge is -2.27. The summed E-state index contributed by atoms with van der Waals surface area (Å²) in [6.07, 6.45) is 9.38. The molecular formula is C22H40O8. The fraction of sp³-hybridized carbons (Fsp3) is 0.909. The van der Waals surface area contributed by atoms with E-state index in [1.54, 1.807) is 0 Å². The second kappa shape index (κ2) is 18.2. The highest BCUT2D eigenvalue weighted by molar-refractivity contribution is 5.60. The molecule has 0 aliphatic heterocycles. The molecule has 1 aliphatic carbocycles. The Morgan fingerprint density at radius 2 is 0.933 bits per heavy atom. The Morgan fingerprint density at radius 3 is 1.30 bits per heavy atom. The van der Waals surface area contributed by atoms with Crippen LogP contribution in [0.4, 0.5) is 9.59 Å². The minimum Gasteiger partial charge on any atom is -0.434 e. The van der Waals surface area contributed by atoms with Crippen LogP contribution >= 0.6 is 0 Å². The molecule has 0 atom stereocenters. The predicted octanol–water partition coefficient (Wildman–Crippen LogP) is 4.20. The van der Waals surface area contributed by atoms with Crippen LogP contribution in [0.15, 0.2) is 0 Å². The summed E-state index contributed by atoms with van der Waals surface area (Å²) in [6, 6.07) is 0. The quantitative estimate of drug-likeness (QED) is 0.276.